The Bertz CT molecular complexity index is 1510. The van der Waals surface area contributed by atoms with Crippen molar-refractivity contribution in [2.24, 2.45) is 0 Å². The van der Waals surface area contributed by atoms with E-state index in [1.807, 2.05) is 0 Å². The number of aryl methyl sites for hydroxylation is 1. The van der Waals surface area contributed by atoms with Crippen molar-refractivity contribution in [1.82, 2.24) is 15.2 Å². The van der Waals surface area contributed by atoms with E-state index in [1.54, 1.807) is 53.8 Å². The van der Waals surface area contributed by atoms with Crippen molar-refractivity contribution < 1.29 is 13.2 Å². The fourth-order valence-corrected chi connectivity index (χ4v) is 6.65. The molecule has 0 unspecified atom stereocenters. The highest BCUT2D eigenvalue weighted by atomic mass is 32.2. The first-order valence-corrected chi connectivity index (χ1v) is 15.0. The summed E-state index contributed by atoms with van der Waals surface area (Å²) in [5.74, 6) is -0.309. The van der Waals surface area contributed by atoms with E-state index in [0.717, 1.165) is 49.8 Å². The van der Waals surface area contributed by atoms with Crippen LogP contribution < -0.4 is 14.9 Å². The number of hydrogen-bond donors (Lipinski definition) is 2. The lowest BCUT2D eigenvalue weighted by Crippen LogP contribution is -2.48. The molecule has 10 heteroatoms. The van der Waals surface area contributed by atoms with Crippen LogP contribution in [0.2, 0.25) is 0 Å². The van der Waals surface area contributed by atoms with Crippen molar-refractivity contribution in [3.05, 3.63) is 83.9 Å². The van der Waals surface area contributed by atoms with Gasteiger partial charge in [-0.1, -0.05) is 54.7 Å². The quantitative estimate of drug-likeness (QED) is 0.325. The van der Waals surface area contributed by atoms with Crippen LogP contribution in [0.3, 0.4) is 0 Å². The number of thiazole rings is 1. The summed E-state index contributed by atoms with van der Waals surface area (Å²) in [5.41, 5.74) is 2.93. The standard InChI is InChI=1S/C28H31N5O3S2/c1-2-21-12-13-25-26(20-21)37-28(30-25)33-18-16-32(17-19-33)15-14-29-27(34)23-10-6-7-11-24(23)31-38(35,36)22-8-4-3-5-9-22/h3-13,20,31H,2,14-19H2,1H3,(H,29,34). The van der Waals surface area contributed by atoms with Crippen LogP contribution in [0.1, 0.15) is 22.8 Å². The number of aromatic nitrogens is 1. The average Bonchev–Trinajstić information content (AvgIpc) is 3.37. The summed E-state index contributed by atoms with van der Waals surface area (Å²) in [4.78, 5) is 22.5. The van der Waals surface area contributed by atoms with Crippen molar-refractivity contribution in [3.8, 4) is 0 Å². The van der Waals surface area contributed by atoms with Crippen LogP contribution >= 0.6 is 11.3 Å². The molecule has 4 aromatic rings. The third kappa shape index (κ3) is 5.98. The summed E-state index contributed by atoms with van der Waals surface area (Å²) in [7, 11) is -3.79. The topological polar surface area (TPSA) is 94.6 Å². The number of anilines is 2. The number of amides is 1. The Morgan fingerprint density at radius 1 is 0.974 bits per heavy atom. The van der Waals surface area contributed by atoms with Gasteiger partial charge < -0.3 is 10.2 Å². The molecule has 2 N–H and O–H groups in total. The van der Waals surface area contributed by atoms with Crippen molar-refractivity contribution in [2.75, 3.05) is 48.9 Å². The van der Waals surface area contributed by atoms with Gasteiger partial charge in [-0.25, -0.2) is 13.4 Å². The van der Waals surface area contributed by atoms with Gasteiger partial charge in [0.05, 0.1) is 26.4 Å². The van der Waals surface area contributed by atoms with Crippen LogP contribution in [0.5, 0.6) is 0 Å². The van der Waals surface area contributed by atoms with Gasteiger partial charge in [0, 0.05) is 39.3 Å². The predicted molar refractivity (Wildman–Crippen MR) is 154 cm³/mol. The molecular formula is C28H31N5O3S2. The van der Waals surface area contributed by atoms with E-state index in [-0.39, 0.29) is 16.5 Å². The molecule has 0 aliphatic carbocycles. The number of benzene rings is 3. The Kier molecular flexibility index (Phi) is 7.92. The summed E-state index contributed by atoms with van der Waals surface area (Å²) < 4.78 is 29.3. The number of nitrogens with zero attached hydrogens (tertiary/aromatic N) is 3. The number of rotatable bonds is 9. The Balaban J connectivity index is 1.13. The van der Waals surface area contributed by atoms with Crippen LogP contribution in [0, 0.1) is 0 Å². The van der Waals surface area contributed by atoms with E-state index in [4.69, 9.17) is 4.98 Å². The van der Waals surface area contributed by atoms with E-state index in [2.05, 4.69) is 45.0 Å². The number of fused-ring (bicyclic) bond motifs is 1. The maximum absolute atomic E-state index is 12.9. The normalized spacial score (nSPS) is 14.5. The minimum Gasteiger partial charge on any atom is -0.351 e. The molecule has 8 nitrogen and oxygen atoms in total. The van der Waals surface area contributed by atoms with Gasteiger partial charge in [0.1, 0.15) is 0 Å². The predicted octanol–water partition coefficient (Wildman–Crippen LogP) is 4.21. The SMILES string of the molecule is CCc1ccc2nc(N3CCN(CCNC(=O)c4ccccc4NS(=O)(=O)c4ccccc4)CC3)sc2c1. The number of para-hydroxylation sites is 1. The minimum atomic E-state index is -3.79. The lowest BCUT2D eigenvalue weighted by Gasteiger charge is -2.34. The van der Waals surface area contributed by atoms with Crippen molar-refractivity contribution >= 4 is 48.3 Å². The maximum atomic E-state index is 12.9. The van der Waals surface area contributed by atoms with E-state index in [0.29, 0.717) is 12.1 Å². The largest absolute Gasteiger partial charge is 0.351 e. The van der Waals surface area contributed by atoms with Crippen LogP contribution in [-0.4, -0.2) is 63.5 Å². The zero-order valence-electron chi connectivity index (χ0n) is 21.3. The van der Waals surface area contributed by atoms with Crippen molar-refractivity contribution in [3.63, 3.8) is 0 Å². The fourth-order valence-electron chi connectivity index (χ4n) is 4.47. The number of sulfonamides is 1. The third-order valence-corrected chi connectivity index (χ3v) is 9.14. The Morgan fingerprint density at radius 2 is 1.71 bits per heavy atom. The summed E-state index contributed by atoms with van der Waals surface area (Å²) in [6.07, 6.45) is 1.02. The molecule has 2 heterocycles. The smallest absolute Gasteiger partial charge is 0.261 e. The van der Waals surface area contributed by atoms with E-state index >= 15 is 0 Å². The van der Waals surface area contributed by atoms with Gasteiger partial charge >= 0.3 is 0 Å². The monoisotopic (exact) mass is 549 g/mol. The maximum Gasteiger partial charge on any atom is 0.261 e. The summed E-state index contributed by atoms with van der Waals surface area (Å²) >= 11 is 1.75. The molecule has 0 atom stereocenters. The Morgan fingerprint density at radius 3 is 2.47 bits per heavy atom. The van der Waals surface area contributed by atoms with Crippen LogP contribution in [0.15, 0.2) is 77.7 Å². The van der Waals surface area contributed by atoms with Gasteiger partial charge in [-0.2, -0.15) is 0 Å². The van der Waals surface area contributed by atoms with Gasteiger partial charge in [-0.05, 0) is 48.4 Å². The Hall–Kier alpha value is -3.47. The molecule has 1 aromatic heterocycles. The molecule has 5 rings (SSSR count). The first-order valence-electron chi connectivity index (χ1n) is 12.7. The number of carbonyl (C=O) groups is 1. The van der Waals surface area contributed by atoms with E-state index in [1.165, 1.54) is 22.4 Å². The fraction of sp³-hybridized carbons (Fsp3) is 0.286. The second-order valence-corrected chi connectivity index (χ2v) is 11.9. The molecule has 1 fully saturated rings. The molecule has 0 spiro atoms. The Labute approximate surface area is 227 Å². The van der Waals surface area contributed by atoms with Crippen molar-refractivity contribution in [1.29, 1.82) is 0 Å². The molecule has 1 amide bonds. The van der Waals surface area contributed by atoms with Crippen LogP contribution in [-0.2, 0) is 16.4 Å². The molecule has 38 heavy (non-hydrogen) atoms. The molecule has 0 saturated carbocycles. The molecule has 0 bridgehead atoms. The van der Waals surface area contributed by atoms with E-state index in [9.17, 15) is 13.2 Å². The highest BCUT2D eigenvalue weighted by Gasteiger charge is 2.21. The molecule has 0 radical (unpaired) electrons. The summed E-state index contributed by atoms with van der Waals surface area (Å²) in [6, 6.07) is 21.2. The molecule has 198 valence electrons. The van der Waals surface area contributed by atoms with Gasteiger partial charge in [0.15, 0.2) is 5.13 Å². The zero-order chi connectivity index (χ0) is 26.5. The number of piperazine rings is 1. The molecule has 1 aliphatic rings. The van der Waals surface area contributed by atoms with Gasteiger partial charge in [-0.3, -0.25) is 14.4 Å². The number of hydrogen-bond acceptors (Lipinski definition) is 7. The molecule has 3 aromatic carbocycles. The van der Waals surface area contributed by atoms with Gasteiger partial charge in [0.2, 0.25) is 0 Å². The van der Waals surface area contributed by atoms with Gasteiger partial charge in [-0.15, -0.1) is 0 Å². The minimum absolute atomic E-state index is 0.144. The zero-order valence-corrected chi connectivity index (χ0v) is 22.9. The lowest BCUT2D eigenvalue weighted by atomic mass is 10.1. The summed E-state index contributed by atoms with van der Waals surface area (Å²) in [6.45, 7) is 6.91. The molecule has 1 saturated heterocycles. The number of nitrogens with one attached hydrogen (secondary N) is 2. The average molecular weight is 550 g/mol. The summed E-state index contributed by atoms with van der Waals surface area (Å²) in [5, 5.41) is 4.01. The first-order chi connectivity index (χ1) is 18.4. The van der Waals surface area contributed by atoms with Gasteiger partial charge in [0.25, 0.3) is 15.9 Å². The van der Waals surface area contributed by atoms with E-state index < -0.39 is 10.0 Å². The molecule has 1 aliphatic heterocycles. The molecular weight excluding hydrogens is 518 g/mol. The third-order valence-electron chi connectivity index (χ3n) is 6.68. The number of carbonyl (C=O) groups excluding carboxylic acids is 1. The van der Waals surface area contributed by atoms with Crippen molar-refractivity contribution in [2.45, 2.75) is 18.2 Å². The second-order valence-electron chi connectivity index (χ2n) is 9.20. The van der Waals surface area contributed by atoms with Crippen LogP contribution in [0.25, 0.3) is 10.2 Å². The highest BCUT2D eigenvalue weighted by molar-refractivity contribution is 7.92. The van der Waals surface area contributed by atoms with Crippen LogP contribution in [0.4, 0.5) is 10.8 Å². The first kappa shape index (κ1) is 26.1. The highest BCUT2D eigenvalue weighted by Crippen LogP contribution is 2.30. The second kappa shape index (κ2) is 11.5. The lowest BCUT2D eigenvalue weighted by molar-refractivity contribution is 0.0948.